The molecule has 1 N–H and O–H groups in total. The normalized spacial score (nSPS) is 14.0. The van der Waals surface area contributed by atoms with Crippen LogP contribution < -0.4 is 5.43 Å². The van der Waals surface area contributed by atoms with Crippen LogP contribution in [-0.2, 0) is 4.79 Å². The van der Waals surface area contributed by atoms with Crippen molar-refractivity contribution in [3.8, 4) is 0 Å². The van der Waals surface area contributed by atoms with E-state index < -0.39 is 0 Å². The molecule has 0 unspecified atom stereocenters. The van der Waals surface area contributed by atoms with Crippen molar-refractivity contribution in [3.05, 3.63) is 70.2 Å². The molecule has 0 aliphatic carbocycles. The minimum Gasteiger partial charge on any atom is -0.293 e. The minimum absolute atomic E-state index is 0.00770. The Hall–Kier alpha value is -2.31. The monoisotopic (exact) mass is 371 g/mol. The summed E-state index contributed by atoms with van der Waals surface area (Å²) in [4.78, 5) is 24.1. The number of amides is 1. The molecule has 0 spiro atoms. The second-order valence-electron chi connectivity index (χ2n) is 5.06. The third kappa shape index (κ3) is 3.72. The van der Waals surface area contributed by atoms with Gasteiger partial charge in [-0.1, -0.05) is 58.4 Å². The van der Waals surface area contributed by atoms with E-state index in [4.69, 9.17) is 0 Å². The number of carbonyl (C=O) groups excluding carboxylic acids is 2. The molecule has 0 atom stereocenters. The first-order valence-corrected chi connectivity index (χ1v) is 7.91. The van der Waals surface area contributed by atoms with Gasteiger partial charge in [-0.3, -0.25) is 9.59 Å². The van der Waals surface area contributed by atoms with Gasteiger partial charge < -0.3 is 0 Å². The molecule has 116 valence electrons. The maximum Gasteiger partial charge on any atom is 0.263 e. The summed E-state index contributed by atoms with van der Waals surface area (Å²) < 4.78 is 0.838. The van der Waals surface area contributed by atoms with Crippen molar-refractivity contribution in [2.24, 2.45) is 5.10 Å². The fourth-order valence-electron chi connectivity index (χ4n) is 2.25. The predicted molar refractivity (Wildman–Crippen MR) is 90.9 cm³/mol. The van der Waals surface area contributed by atoms with E-state index in [-0.39, 0.29) is 24.7 Å². The van der Waals surface area contributed by atoms with Crippen molar-refractivity contribution < 1.29 is 9.59 Å². The van der Waals surface area contributed by atoms with Crippen LogP contribution >= 0.6 is 15.9 Å². The van der Waals surface area contributed by atoms with E-state index in [0.29, 0.717) is 11.3 Å². The number of Topliss-reactive ketones (excluding diaryl/α,β-unsaturated/α-hetero) is 1. The molecule has 2 aromatic rings. The zero-order valence-corrected chi connectivity index (χ0v) is 13.8. The molecule has 0 fully saturated rings. The highest BCUT2D eigenvalue weighted by Gasteiger charge is 2.25. The standard InChI is InChI=1S/C17H14BrN3O2/c18-14-8-4-7-13(9-14)16(22)11-19-21-17(23)10-15(20-21)12-5-2-1-3-6-12/h1-9,19H,10-11H2. The topological polar surface area (TPSA) is 61.8 Å². The van der Waals surface area contributed by atoms with E-state index in [0.717, 1.165) is 15.2 Å². The number of carbonyl (C=O) groups is 2. The summed E-state index contributed by atoms with van der Waals surface area (Å²) in [6, 6.07) is 16.6. The number of benzene rings is 2. The number of nitrogens with zero attached hydrogens (tertiary/aromatic N) is 2. The van der Waals surface area contributed by atoms with E-state index in [9.17, 15) is 9.59 Å². The average molecular weight is 372 g/mol. The Morgan fingerprint density at radius 2 is 1.96 bits per heavy atom. The van der Waals surface area contributed by atoms with Crippen LogP contribution in [0.4, 0.5) is 0 Å². The van der Waals surface area contributed by atoms with Crippen LogP contribution in [0.3, 0.4) is 0 Å². The third-order valence-electron chi connectivity index (χ3n) is 3.42. The zero-order chi connectivity index (χ0) is 16.2. The fraction of sp³-hybridized carbons (Fsp3) is 0.118. The number of hydrogen-bond acceptors (Lipinski definition) is 4. The van der Waals surface area contributed by atoms with E-state index >= 15 is 0 Å². The molecule has 0 aromatic heterocycles. The first-order valence-electron chi connectivity index (χ1n) is 7.11. The van der Waals surface area contributed by atoms with E-state index in [1.54, 1.807) is 18.2 Å². The number of hydrogen-bond donors (Lipinski definition) is 1. The molecule has 3 rings (SSSR count). The number of rotatable bonds is 5. The van der Waals surface area contributed by atoms with Gasteiger partial charge in [0.25, 0.3) is 5.91 Å². The van der Waals surface area contributed by atoms with Crippen molar-refractivity contribution >= 4 is 33.3 Å². The lowest BCUT2D eigenvalue weighted by atomic mass is 10.1. The SMILES string of the molecule is O=C(CNN1N=C(c2ccccc2)CC1=O)c1cccc(Br)c1. The van der Waals surface area contributed by atoms with E-state index in [1.165, 1.54) is 0 Å². The van der Waals surface area contributed by atoms with Crippen LogP contribution in [0.25, 0.3) is 0 Å². The summed E-state index contributed by atoms with van der Waals surface area (Å²) in [6.45, 7) is 0.00770. The lowest BCUT2D eigenvalue weighted by Gasteiger charge is -2.12. The Balaban J connectivity index is 1.65. The van der Waals surface area contributed by atoms with Gasteiger partial charge in [-0.2, -0.15) is 10.2 Å². The molecule has 1 amide bonds. The molecule has 0 radical (unpaired) electrons. The van der Waals surface area contributed by atoms with Gasteiger partial charge in [-0.05, 0) is 17.7 Å². The molecule has 2 aromatic carbocycles. The van der Waals surface area contributed by atoms with Crippen LogP contribution in [0.2, 0.25) is 0 Å². The minimum atomic E-state index is -0.175. The van der Waals surface area contributed by atoms with E-state index in [1.807, 2.05) is 36.4 Å². The second-order valence-corrected chi connectivity index (χ2v) is 5.98. The van der Waals surface area contributed by atoms with Gasteiger partial charge in [0.15, 0.2) is 5.78 Å². The Kier molecular flexibility index (Phi) is 4.64. The first-order chi connectivity index (χ1) is 11.1. The Morgan fingerprint density at radius 3 is 2.70 bits per heavy atom. The highest BCUT2D eigenvalue weighted by molar-refractivity contribution is 9.10. The van der Waals surface area contributed by atoms with Crippen LogP contribution in [0.15, 0.2) is 64.2 Å². The van der Waals surface area contributed by atoms with Crippen LogP contribution in [0.1, 0.15) is 22.3 Å². The van der Waals surface area contributed by atoms with Crippen molar-refractivity contribution in [1.82, 2.24) is 10.5 Å². The Labute approximate surface area is 142 Å². The summed E-state index contributed by atoms with van der Waals surface area (Å²) in [5.74, 6) is -0.284. The highest BCUT2D eigenvalue weighted by Crippen LogP contribution is 2.14. The molecular formula is C17H14BrN3O2. The smallest absolute Gasteiger partial charge is 0.263 e. The van der Waals surface area contributed by atoms with Gasteiger partial charge in [-0.15, -0.1) is 0 Å². The number of hydrazine groups is 1. The summed E-state index contributed by atoms with van der Waals surface area (Å²) >= 11 is 3.33. The first kappa shape index (κ1) is 15.6. The van der Waals surface area contributed by atoms with Gasteiger partial charge in [0.2, 0.25) is 0 Å². The predicted octanol–water partition coefficient (Wildman–Crippen LogP) is 2.77. The van der Waals surface area contributed by atoms with Crippen LogP contribution in [0.5, 0.6) is 0 Å². The summed E-state index contributed by atoms with van der Waals surface area (Å²) in [7, 11) is 0. The second kappa shape index (κ2) is 6.85. The molecule has 0 saturated carbocycles. The number of nitrogens with one attached hydrogen (secondary N) is 1. The van der Waals surface area contributed by atoms with Gasteiger partial charge in [0.05, 0.1) is 18.7 Å². The van der Waals surface area contributed by atoms with Crippen molar-refractivity contribution in [2.75, 3.05) is 6.54 Å². The molecule has 23 heavy (non-hydrogen) atoms. The summed E-state index contributed by atoms with van der Waals surface area (Å²) in [5.41, 5.74) is 4.95. The Bertz CT molecular complexity index is 774. The lowest BCUT2D eigenvalue weighted by molar-refractivity contribution is -0.131. The molecule has 0 bridgehead atoms. The molecule has 1 aliphatic heterocycles. The molecule has 1 aliphatic rings. The van der Waals surface area contributed by atoms with Gasteiger partial charge in [-0.25, -0.2) is 5.43 Å². The molecule has 0 saturated heterocycles. The van der Waals surface area contributed by atoms with Gasteiger partial charge in [0, 0.05) is 10.0 Å². The summed E-state index contributed by atoms with van der Waals surface area (Å²) in [5, 5.41) is 5.40. The molecular weight excluding hydrogens is 358 g/mol. The molecule has 1 heterocycles. The van der Waals surface area contributed by atoms with Crippen molar-refractivity contribution in [2.45, 2.75) is 6.42 Å². The van der Waals surface area contributed by atoms with Crippen molar-refractivity contribution in [1.29, 1.82) is 0 Å². The maximum absolute atomic E-state index is 12.1. The van der Waals surface area contributed by atoms with Crippen LogP contribution in [-0.4, -0.2) is 29.1 Å². The Morgan fingerprint density at radius 1 is 1.17 bits per heavy atom. The maximum atomic E-state index is 12.1. The van der Waals surface area contributed by atoms with Gasteiger partial charge >= 0.3 is 0 Å². The number of halogens is 1. The third-order valence-corrected chi connectivity index (χ3v) is 3.91. The number of ketones is 1. The summed E-state index contributed by atoms with van der Waals surface area (Å²) in [6.07, 6.45) is 0.224. The number of hydrazone groups is 1. The average Bonchev–Trinajstić information content (AvgIpc) is 2.94. The fourth-order valence-corrected chi connectivity index (χ4v) is 2.65. The quantitative estimate of drug-likeness (QED) is 0.822. The molecule has 6 heteroatoms. The highest BCUT2D eigenvalue weighted by atomic mass is 79.9. The van der Waals surface area contributed by atoms with Crippen molar-refractivity contribution in [3.63, 3.8) is 0 Å². The van der Waals surface area contributed by atoms with Crippen LogP contribution in [0, 0.1) is 0 Å². The largest absolute Gasteiger partial charge is 0.293 e. The molecule has 5 nitrogen and oxygen atoms in total. The lowest BCUT2D eigenvalue weighted by Crippen LogP contribution is -2.39. The zero-order valence-electron chi connectivity index (χ0n) is 12.2. The van der Waals surface area contributed by atoms with Gasteiger partial charge in [0.1, 0.15) is 0 Å². The van der Waals surface area contributed by atoms with E-state index in [2.05, 4.69) is 26.5 Å².